The Bertz CT molecular complexity index is 928. The van der Waals surface area contributed by atoms with Crippen LogP contribution in [0.2, 0.25) is 0 Å². The molecule has 3 unspecified atom stereocenters. The van der Waals surface area contributed by atoms with E-state index in [1.807, 2.05) is 0 Å². The first-order chi connectivity index (χ1) is 16.0. The fraction of sp³-hybridized carbons (Fsp3) is 0.667. The van der Waals surface area contributed by atoms with Crippen molar-refractivity contribution < 1.29 is 0 Å². The van der Waals surface area contributed by atoms with Crippen LogP contribution in [-0.4, -0.2) is 36.5 Å². The quantitative estimate of drug-likeness (QED) is 0.417. The van der Waals surface area contributed by atoms with E-state index < -0.39 is 0 Å². The van der Waals surface area contributed by atoms with E-state index in [2.05, 4.69) is 97.8 Å². The van der Waals surface area contributed by atoms with Crippen LogP contribution in [0.5, 0.6) is 0 Å². The molecule has 0 aliphatic carbocycles. The van der Waals surface area contributed by atoms with Crippen molar-refractivity contribution in [2.75, 3.05) is 26.2 Å². The summed E-state index contributed by atoms with van der Waals surface area (Å²) >= 11 is 0. The maximum atomic E-state index is 3.77. The van der Waals surface area contributed by atoms with E-state index in [-0.39, 0.29) is 13.1 Å². The average molecular weight is 499 g/mol. The first-order valence-corrected chi connectivity index (χ1v) is 15.6. The molecule has 2 fully saturated rings. The Balaban J connectivity index is 1.92. The highest BCUT2D eigenvalue weighted by molar-refractivity contribution is 7.60. The topological polar surface area (TPSA) is 24.1 Å². The molecule has 188 valence electrons. The van der Waals surface area contributed by atoms with Crippen molar-refractivity contribution >= 4 is 27.9 Å². The van der Waals surface area contributed by atoms with Crippen molar-refractivity contribution in [1.29, 1.82) is 0 Å². The molecule has 2 aromatic rings. The highest BCUT2D eigenvalue weighted by Gasteiger charge is 2.46. The van der Waals surface area contributed by atoms with Gasteiger partial charge in [-0.3, -0.25) is 0 Å². The second-order valence-electron chi connectivity index (χ2n) is 12.8. The molecular formula is C30H48N2P2. The molecule has 0 saturated carbocycles. The summed E-state index contributed by atoms with van der Waals surface area (Å²) in [5.74, 6) is 1.32. The number of hydrogen-bond donors (Lipinski definition) is 2. The second-order valence-corrected chi connectivity index (χ2v) is 17.6. The van der Waals surface area contributed by atoms with Gasteiger partial charge in [0, 0.05) is 5.16 Å². The van der Waals surface area contributed by atoms with Crippen molar-refractivity contribution in [2.45, 2.75) is 88.9 Å². The van der Waals surface area contributed by atoms with Crippen LogP contribution in [0.15, 0.2) is 36.4 Å². The molecule has 34 heavy (non-hydrogen) atoms. The summed E-state index contributed by atoms with van der Waals surface area (Å²) in [5.41, 5.74) is 3.26. The molecular weight excluding hydrogens is 450 g/mol. The van der Waals surface area contributed by atoms with Crippen LogP contribution >= 0.6 is 17.2 Å². The molecule has 0 spiro atoms. The Labute approximate surface area is 212 Å². The number of nitrogens with one attached hydrogen (secondary N) is 2. The Kier molecular flexibility index (Phi) is 8.16. The van der Waals surface area contributed by atoms with Crippen LogP contribution < -0.4 is 10.6 Å². The molecule has 4 heteroatoms. The smallest absolute Gasteiger partial charge is 0.0181 e. The maximum Gasteiger partial charge on any atom is 0.0181 e. The van der Waals surface area contributed by atoms with Gasteiger partial charge in [0.1, 0.15) is 0 Å². The molecule has 3 atom stereocenters. The zero-order chi connectivity index (χ0) is 24.6. The van der Waals surface area contributed by atoms with Gasteiger partial charge in [0.2, 0.25) is 0 Å². The molecule has 4 rings (SSSR count). The molecule has 0 radical (unpaired) electrons. The molecule has 0 aromatic heterocycles. The summed E-state index contributed by atoms with van der Waals surface area (Å²) in [6.07, 6.45) is 6.44. The van der Waals surface area contributed by atoms with Crippen molar-refractivity contribution in [2.24, 2.45) is 11.8 Å². The van der Waals surface area contributed by atoms with E-state index >= 15 is 0 Å². The predicted octanol–water partition coefficient (Wildman–Crippen LogP) is 7.49. The lowest BCUT2D eigenvalue weighted by molar-refractivity contribution is 0.193. The Hall–Kier alpha value is -0.520. The molecule has 2 saturated heterocycles. The van der Waals surface area contributed by atoms with Crippen LogP contribution in [-0.2, 0) is 11.3 Å². The number of benzene rings is 2. The van der Waals surface area contributed by atoms with Crippen LogP contribution in [0.4, 0.5) is 0 Å². The van der Waals surface area contributed by atoms with Gasteiger partial charge < -0.3 is 10.6 Å². The lowest BCUT2D eigenvalue weighted by Gasteiger charge is -2.49. The molecule has 2 aliphatic heterocycles. The summed E-state index contributed by atoms with van der Waals surface area (Å²) in [7, 11) is 3.27. The van der Waals surface area contributed by atoms with Gasteiger partial charge in [-0.25, -0.2) is 0 Å². The van der Waals surface area contributed by atoms with Crippen LogP contribution in [0.1, 0.15) is 78.4 Å². The third kappa shape index (κ3) is 5.42. The lowest BCUT2D eigenvalue weighted by atomic mass is 9.69. The van der Waals surface area contributed by atoms with Crippen molar-refractivity contribution in [3.05, 3.63) is 47.5 Å². The molecule has 0 amide bonds. The van der Waals surface area contributed by atoms with E-state index in [1.54, 1.807) is 11.1 Å². The summed E-state index contributed by atoms with van der Waals surface area (Å²) in [5, 5.41) is 11.1. The Morgan fingerprint density at radius 3 is 1.88 bits per heavy atom. The maximum absolute atomic E-state index is 3.77. The zero-order valence-electron chi connectivity index (χ0n) is 22.5. The highest BCUT2D eigenvalue weighted by Crippen LogP contribution is 2.63. The van der Waals surface area contributed by atoms with E-state index in [9.17, 15) is 0 Å². The van der Waals surface area contributed by atoms with Gasteiger partial charge in [0.25, 0.3) is 0 Å². The van der Waals surface area contributed by atoms with Gasteiger partial charge in [-0.1, -0.05) is 85.9 Å². The minimum absolute atomic E-state index is 0.108. The molecule has 2 aromatic carbocycles. The van der Waals surface area contributed by atoms with Gasteiger partial charge in [0.15, 0.2) is 0 Å². The van der Waals surface area contributed by atoms with Crippen LogP contribution in [0.3, 0.4) is 0 Å². The van der Waals surface area contributed by atoms with Crippen LogP contribution in [0.25, 0.3) is 10.8 Å². The van der Waals surface area contributed by atoms with Crippen molar-refractivity contribution in [1.82, 2.24) is 10.6 Å². The fourth-order valence-electron chi connectivity index (χ4n) is 6.84. The fourth-order valence-corrected chi connectivity index (χ4v) is 11.3. The molecule has 2 nitrogen and oxygen atoms in total. The van der Waals surface area contributed by atoms with Gasteiger partial charge in [-0.15, -0.1) is 9.24 Å². The van der Waals surface area contributed by atoms with Gasteiger partial charge in [-0.2, -0.15) is 0 Å². The first-order valence-electron chi connectivity index (χ1n) is 13.5. The summed E-state index contributed by atoms with van der Waals surface area (Å²) in [6, 6.07) is 14.1. The highest BCUT2D eigenvalue weighted by atomic mass is 31.1. The molecule has 2 heterocycles. The molecule has 0 bridgehead atoms. The molecule has 2 aliphatic rings. The first kappa shape index (κ1) is 26.5. The van der Waals surface area contributed by atoms with Gasteiger partial charge in [0.05, 0.1) is 0 Å². The van der Waals surface area contributed by atoms with Crippen molar-refractivity contribution in [3.8, 4) is 0 Å². The number of hydrogen-bond acceptors (Lipinski definition) is 2. The van der Waals surface area contributed by atoms with E-state index in [0.717, 1.165) is 13.1 Å². The van der Waals surface area contributed by atoms with Crippen molar-refractivity contribution in [3.63, 3.8) is 0 Å². The third-order valence-electron chi connectivity index (χ3n) is 8.39. The minimum atomic E-state index is -0.231. The van der Waals surface area contributed by atoms with Gasteiger partial charge in [-0.05, 0) is 102 Å². The predicted molar refractivity (Wildman–Crippen MR) is 157 cm³/mol. The number of piperidine rings is 2. The van der Waals surface area contributed by atoms with Gasteiger partial charge >= 0.3 is 0 Å². The zero-order valence-corrected chi connectivity index (χ0v) is 24.6. The van der Waals surface area contributed by atoms with E-state index in [4.69, 9.17) is 0 Å². The number of rotatable bonds is 5. The largest absolute Gasteiger partial charge is 0.316 e. The standard InChI is InChI=1S/C30H48N2P2/c1-28(2,3)34(29(4,5)6)21-26-25-14-8-7-11-22(25)15-16-27(26)30(33,23-12-9-17-31-19-23)24-13-10-18-32-20-24/h7-8,11,14-16,23-24,31-32H,9-10,12-13,17-21,33H2,1-6H3. The van der Waals surface area contributed by atoms with E-state index in [0.29, 0.717) is 22.1 Å². The van der Waals surface area contributed by atoms with Crippen LogP contribution in [0, 0.1) is 11.8 Å². The minimum Gasteiger partial charge on any atom is -0.316 e. The summed E-state index contributed by atoms with van der Waals surface area (Å²) < 4.78 is 0. The normalized spacial score (nSPS) is 24.4. The summed E-state index contributed by atoms with van der Waals surface area (Å²) in [6.45, 7) is 19.4. The second kappa shape index (κ2) is 10.5. The SMILES string of the molecule is CC(C)(C)P(Cc1c(C(P)(C2CCCNC2)C2CCCNC2)ccc2ccccc12)C(C)(C)C. The Morgan fingerprint density at radius 1 is 0.824 bits per heavy atom. The lowest BCUT2D eigenvalue weighted by Crippen LogP contribution is -2.49. The molecule has 2 N–H and O–H groups in total. The Morgan fingerprint density at radius 2 is 1.38 bits per heavy atom. The monoisotopic (exact) mass is 498 g/mol. The number of fused-ring (bicyclic) bond motifs is 1. The average Bonchev–Trinajstić information content (AvgIpc) is 2.81. The third-order valence-corrected chi connectivity index (χ3v) is 13.5. The van der Waals surface area contributed by atoms with E-state index in [1.165, 1.54) is 55.7 Å². The summed E-state index contributed by atoms with van der Waals surface area (Å²) in [4.78, 5) is 0.